The SMILES string of the molecule is CCCNc1nc(Oc2ccccc2Cl)nc(N(C)C)n1. The van der Waals surface area contributed by atoms with Gasteiger partial charge in [-0.3, -0.25) is 0 Å². The summed E-state index contributed by atoms with van der Waals surface area (Å²) in [6.45, 7) is 2.85. The molecule has 0 aliphatic carbocycles. The van der Waals surface area contributed by atoms with Crippen molar-refractivity contribution in [3.05, 3.63) is 29.3 Å². The summed E-state index contributed by atoms with van der Waals surface area (Å²) < 4.78 is 5.66. The van der Waals surface area contributed by atoms with E-state index in [1.807, 2.05) is 26.2 Å². The van der Waals surface area contributed by atoms with Crippen molar-refractivity contribution in [1.82, 2.24) is 15.0 Å². The molecule has 1 aromatic carbocycles. The van der Waals surface area contributed by atoms with Crippen LogP contribution < -0.4 is 15.0 Å². The molecule has 0 spiro atoms. The lowest BCUT2D eigenvalue weighted by atomic mass is 10.3. The first-order valence-electron chi connectivity index (χ1n) is 6.69. The third kappa shape index (κ3) is 4.19. The molecule has 0 atom stereocenters. The minimum absolute atomic E-state index is 0.209. The lowest BCUT2D eigenvalue weighted by molar-refractivity contribution is 0.440. The maximum Gasteiger partial charge on any atom is 0.328 e. The Balaban J connectivity index is 2.29. The van der Waals surface area contributed by atoms with Gasteiger partial charge in [-0.25, -0.2) is 0 Å². The van der Waals surface area contributed by atoms with Gasteiger partial charge in [-0.05, 0) is 18.6 Å². The Morgan fingerprint density at radius 2 is 1.95 bits per heavy atom. The molecular weight excluding hydrogens is 290 g/mol. The number of anilines is 2. The number of nitrogens with one attached hydrogen (secondary N) is 1. The van der Waals surface area contributed by atoms with E-state index < -0.39 is 0 Å². The van der Waals surface area contributed by atoms with E-state index in [2.05, 4.69) is 27.2 Å². The normalized spacial score (nSPS) is 10.3. The van der Waals surface area contributed by atoms with Crippen LogP contribution in [-0.2, 0) is 0 Å². The second-order valence-corrected chi connectivity index (χ2v) is 5.00. The highest BCUT2D eigenvalue weighted by Gasteiger charge is 2.11. The fraction of sp³-hybridized carbons (Fsp3) is 0.357. The van der Waals surface area contributed by atoms with Gasteiger partial charge >= 0.3 is 6.01 Å². The van der Waals surface area contributed by atoms with Crippen molar-refractivity contribution in [2.24, 2.45) is 0 Å². The van der Waals surface area contributed by atoms with Crippen LogP contribution in [0, 0.1) is 0 Å². The predicted octanol–water partition coefficient (Wildman–Crippen LogP) is 3.21. The van der Waals surface area contributed by atoms with Crippen molar-refractivity contribution in [3.63, 3.8) is 0 Å². The third-order valence-corrected chi connectivity index (χ3v) is 2.89. The van der Waals surface area contributed by atoms with Crippen LogP contribution in [0.4, 0.5) is 11.9 Å². The van der Waals surface area contributed by atoms with Crippen LogP contribution >= 0.6 is 11.6 Å². The van der Waals surface area contributed by atoms with E-state index in [0.717, 1.165) is 13.0 Å². The molecule has 1 aromatic heterocycles. The van der Waals surface area contributed by atoms with Crippen molar-refractivity contribution >= 4 is 23.5 Å². The summed E-state index contributed by atoms with van der Waals surface area (Å²) in [5.41, 5.74) is 0. The summed E-state index contributed by atoms with van der Waals surface area (Å²) in [6.07, 6.45) is 0.976. The molecule has 0 radical (unpaired) electrons. The molecule has 6 nitrogen and oxygen atoms in total. The number of para-hydroxylation sites is 1. The number of hydrogen-bond acceptors (Lipinski definition) is 6. The van der Waals surface area contributed by atoms with E-state index >= 15 is 0 Å². The molecule has 21 heavy (non-hydrogen) atoms. The standard InChI is InChI=1S/C14H18ClN5O/c1-4-9-16-12-17-13(20(2)3)19-14(18-12)21-11-8-6-5-7-10(11)15/h5-8H,4,9H2,1-3H3,(H,16,17,18,19). The highest BCUT2D eigenvalue weighted by atomic mass is 35.5. The largest absolute Gasteiger partial charge is 0.423 e. The zero-order chi connectivity index (χ0) is 15.2. The fourth-order valence-electron chi connectivity index (χ4n) is 1.53. The lowest BCUT2D eigenvalue weighted by Gasteiger charge is -2.13. The molecule has 0 aliphatic heterocycles. The maximum absolute atomic E-state index is 6.08. The molecule has 0 fully saturated rings. The highest BCUT2D eigenvalue weighted by molar-refractivity contribution is 6.32. The van der Waals surface area contributed by atoms with Crippen LogP contribution in [0.25, 0.3) is 0 Å². The van der Waals surface area contributed by atoms with Gasteiger partial charge in [0.05, 0.1) is 5.02 Å². The number of benzene rings is 1. The molecule has 0 bridgehead atoms. The summed E-state index contributed by atoms with van der Waals surface area (Å²) in [4.78, 5) is 14.6. The first-order chi connectivity index (χ1) is 10.1. The number of ether oxygens (including phenoxy) is 1. The Labute approximate surface area is 129 Å². The van der Waals surface area contributed by atoms with Crippen LogP contribution in [0.15, 0.2) is 24.3 Å². The summed E-state index contributed by atoms with van der Waals surface area (Å²) in [6, 6.07) is 7.40. The van der Waals surface area contributed by atoms with E-state index in [1.54, 1.807) is 17.0 Å². The van der Waals surface area contributed by atoms with Crippen LogP contribution in [-0.4, -0.2) is 35.6 Å². The molecule has 2 aromatic rings. The molecule has 0 saturated heterocycles. The van der Waals surface area contributed by atoms with Gasteiger partial charge in [-0.1, -0.05) is 30.7 Å². The number of hydrogen-bond donors (Lipinski definition) is 1. The van der Waals surface area contributed by atoms with Crippen molar-refractivity contribution < 1.29 is 4.74 Å². The van der Waals surface area contributed by atoms with E-state index in [1.165, 1.54) is 0 Å². The Hall–Kier alpha value is -2.08. The van der Waals surface area contributed by atoms with Gasteiger partial charge in [0.25, 0.3) is 0 Å². The van der Waals surface area contributed by atoms with E-state index in [-0.39, 0.29) is 6.01 Å². The molecule has 1 N–H and O–H groups in total. The summed E-state index contributed by atoms with van der Waals surface area (Å²) in [5, 5.41) is 3.64. The quantitative estimate of drug-likeness (QED) is 0.884. The van der Waals surface area contributed by atoms with Gasteiger partial charge in [-0.2, -0.15) is 15.0 Å². The maximum atomic E-state index is 6.08. The van der Waals surface area contributed by atoms with Crippen LogP contribution in [0.3, 0.4) is 0 Å². The van der Waals surface area contributed by atoms with Crippen molar-refractivity contribution in [2.45, 2.75) is 13.3 Å². The number of nitrogens with zero attached hydrogens (tertiary/aromatic N) is 4. The van der Waals surface area contributed by atoms with Crippen molar-refractivity contribution in [2.75, 3.05) is 30.9 Å². The Morgan fingerprint density at radius 1 is 1.19 bits per heavy atom. The van der Waals surface area contributed by atoms with E-state index in [9.17, 15) is 0 Å². The zero-order valence-corrected chi connectivity index (χ0v) is 13.1. The third-order valence-electron chi connectivity index (χ3n) is 2.57. The minimum Gasteiger partial charge on any atom is -0.423 e. The highest BCUT2D eigenvalue weighted by Crippen LogP contribution is 2.27. The van der Waals surface area contributed by atoms with Crippen LogP contribution in [0.5, 0.6) is 11.8 Å². The fourth-order valence-corrected chi connectivity index (χ4v) is 1.71. The second kappa shape index (κ2) is 7.08. The smallest absolute Gasteiger partial charge is 0.328 e. The molecule has 7 heteroatoms. The van der Waals surface area contributed by atoms with Gasteiger partial charge in [0, 0.05) is 20.6 Å². The van der Waals surface area contributed by atoms with Gasteiger partial charge < -0.3 is 15.0 Å². The molecule has 0 saturated carbocycles. The molecule has 0 unspecified atom stereocenters. The van der Waals surface area contributed by atoms with Crippen LogP contribution in [0.2, 0.25) is 5.02 Å². The molecule has 2 rings (SSSR count). The molecule has 0 amide bonds. The first-order valence-corrected chi connectivity index (χ1v) is 7.07. The van der Waals surface area contributed by atoms with Gasteiger partial charge in [0.15, 0.2) is 0 Å². The topological polar surface area (TPSA) is 63.2 Å². The van der Waals surface area contributed by atoms with Gasteiger partial charge in [0.1, 0.15) is 5.75 Å². The number of halogens is 1. The van der Waals surface area contributed by atoms with Crippen molar-refractivity contribution in [3.8, 4) is 11.8 Å². The van der Waals surface area contributed by atoms with Gasteiger partial charge in [0.2, 0.25) is 11.9 Å². The Kier molecular flexibility index (Phi) is 5.16. The Morgan fingerprint density at radius 3 is 2.62 bits per heavy atom. The van der Waals surface area contributed by atoms with Crippen molar-refractivity contribution in [1.29, 1.82) is 0 Å². The average molecular weight is 308 g/mol. The van der Waals surface area contributed by atoms with Crippen LogP contribution in [0.1, 0.15) is 13.3 Å². The number of aromatic nitrogens is 3. The second-order valence-electron chi connectivity index (χ2n) is 4.60. The summed E-state index contributed by atoms with van der Waals surface area (Å²) in [7, 11) is 3.72. The minimum atomic E-state index is 0.209. The number of rotatable bonds is 6. The average Bonchev–Trinajstić information content (AvgIpc) is 2.47. The first kappa shape index (κ1) is 15.3. The summed E-state index contributed by atoms with van der Waals surface area (Å²) >= 11 is 6.08. The molecule has 0 aliphatic rings. The van der Waals surface area contributed by atoms with E-state index in [4.69, 9.17) is 16.3 Å². The lowest BCUT2D eigenvalue weighted by Crippen LogP contribution is -2.16. The Bertz CT molecular complexity index is 606. The molecule has 1 heterocycles. The molecular formula is C14H18ClN5O. The zero-order valence-electron chi connectivity index (χ0n) is 12.3. The monoisotopic (exact) mass is 307 g/mol. The summed E-state index contributed by atoms with van der Waals surface area (Å²) in [5.74, 6) is 1.51. The predicted molar refractivity (Wildman–Crippen MR) is 84.5 cm³/mol. The molecule has 112 valence electrons. The van der Waals surface area contributed by atoms with Gasteiger partial charge in [-0.15, -0.1) is 0 Å². The van der Waals surface area contributed by atoms with E-state index in [0.29, 0.717) is 22.7 Å².